The molecule has 2 aliphatic rings. The van der Waals surface area contributed by atoms with Gasteiger partial charge in [0.15, 0.2) is 6.10 Å². The molecule has 1 aromatic heterocycles. The predicted molar refractivity (Wildman–Crippen MR) is 121 cm³/mol. The third-order valence-corrected chi connectivity index (χ3v) is 7.42. The Balaban J connectivity index is 1.23. The number of sulfonamides is 1. The van der Waals surface area contributed by atoms with Crippen LogP contribution < -0.4 is 10.0 Å². The first-order valence-corrected chi connectivity index (χ1v) is 12.3. The molecule has 0 bridgehead atoms. The monoisotopic (exact) mass is 523 g/mol. The number of alkyl halides is 3. The van der Waals surface area contributed by atoms with Gasteiger partial charge in [-0.2, -0.15) is 13.2 Å². The molecule has 0 saturated carbocycles. The number of rotatable bonds is 5. The molecule has 1 amide bonds. The standard InChI is InChI=1S/C23H20F3N3O6S/c24-23(25,26)14-6-2-7-15(10-14)28-22(30)35-17-12-34-20-16(11-33-21(17)20)29-36(31,32)18-8-1-4-13-5-3-9-27-19(13)18/h1-10,16-17,20-21,29H,11-12H2,(H,28,30)/t16-,17+,20+,21+/m0/s1. The van der Waals surface area contributed by atoms with Crippen molar-refractivity contribution in [1.29, 1.82) is 0 Å². The number of pyridine rings is 1. The quantitative estimate of drug-likeness (QED) is 0.527. The van der Waals surface area contributed by atoms with Crippen LogP contribution >= 0.6 is 0 Å². The summed E-state index contributed by atoms with van der Waals surface area (Å²) in [7, 11) is -3.99. The van der Waals surface area contributed by atoms with Crippen LogP contribution in [0.2, 0.25) is 0 Å². The topological polar surface area (TPSA) is 116 Å². The largest absolute Gasteiger partial charge is 0.441 e. The lowest BCUT2D eigenvalue weighted by atomic mass is 10.1. The molecule has 13 heteroatoms. The molecule has 190 valence electrons. The van der Waals surface area contributed by atoms with Crippen molar-refractivity contribution in [2.75, 3.05) is 18.5 Å². The number of carbonyl (C=O) groups is 1. The Morgan fingerprint density at radius 2 is 1.78 bits per heavy atom. The molecule has 3 heterocycles. The number of amides is 1. The number of fused-ring (bicyclic) bond motifs is 2. The maximum Gasteiger partial charge on any atom is 0.416 e. The molecule has 0 radical (unpaired) electrons. The number of benzene rings is 2. The van der Waals surface area contributed by atoms with Crippen LogP contribution in [0.5, 0.6) is 0 Å². The Morgan fingerprint density at radius 3 is 2.58 bits per heavy atom. The average molecular weight is 523 g/mol. The van der Waals surface area contributed by atoms with E-state index in [1.807, 2.05) is 0 Å². The minimum atomic E-state index is -4.56. The van der Waals surface area contributed by atoms with Gasteiger partial charge in [0.2, 0.25) is 10.0 Å². The van der Waals surface area contributed by atoms with Gasteiger partial charge in [-0.15, -0.1) is 0 Å². The Kier molecular flexibility index (Phi) is 6.32. The van der Waals surface area contributed by atoms with Crippen LogP contribution in [0.3, 0.4) is 0 Å². The van der Waals surface area contributed by atoms with E-state index < -0.39 is 52.2 Å². The normalized spacial score (nSPS) is 24.0. The molecule has 9 nitrogen and oxygen atoms in total. The number of para-hydroxylation sites is 1. The molecule has 0 unspecified atom stereocenters. The number of halogens is 3. The van der Waals surface area contributed by atoms with E-state index in [1.54, 1.807) is 24.3 Å². The Morgan fingerprint density at radius 1 is 1.03 bits per heavy atom. The van der Waals surface area contributed by atoms with Crippen molar-refractivity contribution in [2.45, 2.75) is 35.4 Å². The summed E-state index contributed by atoms with van der Waals surface area (Å²) in [6.07, 6.45) is -6.41. The molecule has 5 rings (SSSR count). The van der Waals surface area contributed by atoms with E-state index >= 15 is 0 Å². The molecule has 2 N–H and O–H groups in total. The highest BCUT2D eigenvalue weighted by atomic mass is 32.2. The van der Waals surface area contributed by atoms with E-state index in [2.05, 4.69) is 15.0 Å². The molecule has 36 heavy (non-hydrogen) atoms. The first-order valence-electron chi connectivity index (χ1n) is 10.9. The zero-order valence-electron chi connectivity index (χ0n) is 18.4. The molecule has 0 spiro atoms. The second kappa shape index (κ2) is 9.32. The average Bonchev–Trinajstić information content (AvgIpc) is 3.41. The van der Waals surface area contributed by atoms with Gasteiger partial charge in [-0.05, 0) is 30.3 Å². The maximum absolute atomic E-state index is 13.1. The van der Waals surface area contributed by atoms with Gasteiger partial charge in [0, 0.05) is 17.3 Å². The summed E-state index contributed by atoms with van der Waals surface area (Å²) in [6.45, 7) is -0.0960. The highest BCUT2D eigenvalue weighted by Crippen LogP contribution is 2.32. The van der Waals surface area contributed by atoms with Gasteiger partial charge in [-0.3, -0.25) is 10.3 Å². The van der Waals surface area contributed by atoms with E-state index in [0.717, 1.165) is 18.2 Å². The summed E-state index contributed by atoms with van der Waals surface area (Å²) >= 11 is 0. The number of hydrogen-bond donors (Lipinski definition) is 2. The lowest BCUT2D eigenvalue weighted by Gasteiger charge is -2.18. The van der Waals surface area contributed by atoms with Gasteiger partial charge in [-0.1, -0.05) is 24.3 Å². The summed E-state index contributed by atoms with van der Waals surface area (Å²) in [5.74, 6) is 0. The number of nitrogens with one attached hydrogen (secondary N) is 2. The highest BCUT2D eigenvalue weighted by Gasteiger charge is 2.50. The van der Waals surface area contributed by atoms with Crippen molar-refractivity contribution in [3.63, 3.8) is 0 Å². The van der Waals surface area contributed by atoms with Crippen LogP contribution in [0.25, 0.3) is 10.9 Å². The minimum Gasteiger partial charge on any atom is -0.441 e. The van der Waals surface area contributed by atoms with Crippen LogP contribution in [0.15, 0.2) is 65.7 Å². The molecular weight excluding hydrogens is 503 g/mol. The van der Waals surface area contributed by atoms with Crippen molar-refractivity contribution in [1.82, 2.24) is 9.71 Å². The number of nitrogens with zero attached hydrogens (tertiary/aromatic N) is 1. The Bertz CT molecular complexity index is 1400. The third kappa shape index (κ3) is 4.87. The Hall–Kier alpha value is -3.26. The van der Waals surface area contributed by atoms with E-state index in [0.29, 0.717) is 10.9 Å². The van der Waals surface area contributed by atoms with Gasteiger partial charge in [-0.25, -0.2) is 17.9 Å². The molecular formula is C23H20F3N3O6S. The van der Waals surface area contributed by atoms with Gasteiger partial charge in [0.25, 0.3) is 0 Å². The van der Waals surface area contributed by atoms with Gasteiger partial charge in [0.05, 0.1) is 30.3 Å². The SMILES string of the molecule is O=C(Nc1cccc(C(F)(F)F)c1)O[C@@H]1CO[C@H]2[C@@H]1OC[C@@H]2NS(=O)(=O)c1cccc2cccnc12. The van der Waals surface area contributed by atoms with Crippen LogP contribution in [0, 0.1) is 0 Å². The van der Waals surface area contributed by atoms with Crippen molar-refractivity contribution >= 4 is 32.7 Å². The molecule has 4 atom stereocenters. The van der Waals surface area contributed by atoms with Crippen LogP contribution in [-0.4, -0.2) is 57.1 Å². The zero-order valence-corrected chi connectivity index (χ0v) is 19.3. The number of hydrogen-bond acceptors (Lipinski definition) is 7. The lowest BCUT2D eigenvalue weighted by molar-refractivity contribution is -0.137. The van der Waals surface area contributed by atoms with Crippen LogP contribution in [-0.2, 0) is 30.4 Å². The summed E-state index contributed by atoms with van der Waals surface area (Å²) < 4.78 is 84.1. The minimum absolute atomic E-state index is 0.00955. The lowest BCUT2D eigenvalue weighted by Crippen LogP contribution is -2.44. The second-order valence-corrected chi connectivity index (χ2v) is 9.98. The predicted octanol–water partition coefficient (Wildman–Crippen LogP) is 3.32. The van der Waals surface area contributed by atoms with E-state index in [1.165, 1.54) is 18.3 Å². The molecule has 2 fully saturated rings. The fourth-order valence-electron chi connectivity index (χ4n) is 4.28. The van der Waals surface area contributed by atoms with E-state index in [4.69, 9.17) is 14.2 Å². The second-order valence-electron chi connectivity index (χ2n) is 8.30. The van der Waals surface area contributed by atoms with E-state index in [9.17, 15) is 26.4 Å². The van der Waals surface area contributed by atoms with Crippen LogP contribution in [0.4, 0.5) is 23.7 Å². The van der Waals surface area contributed by atoms with E-state index in [-0.39, 0.29) is 23.8 Å². The van der Waals surface area contributed by atoms with Gasteiger partial charge < -0.3 is 14.2 Å². The number of carbonyl (C=O) groups excluding carboxylic acids is 1. The number of anilines is 1. The molecule has 2 aromatic carbocycles. The smallest absolute Gasteiger partial charge is 0.416 e. The Labute approximate surface area is 203 Å². The van der Waals surface area contributed by atoms with Crippen molar-refractivity contribution in [3.05, 3.63) is 66.4 Å². The van der Waals surface area contributed by atoms with Crippen molar-refractivity contribution in [2.24, 2.45) is 0 Å². The maximum atomic E-state index is 13.1. The number of aromatic nitrogens is 1. The number of ether oxygens (including phenoxy) is 3. The summed E-state index contributed by atoms with van der Waals surface area (Å²) in [6, 6.07) is 11.7. The fraction of sp³-hybridized carbons (Fsp3) is 0.304. The first-order chi connectivity index (χ1) is 17.1. The fourth-order valence-corrected chi connectivity index (χ4v) is 5.69. The van der Waals surface area contributed by atoms with Gasteiger partial charge in [0.1, 0.15) is 17.1 Å². The third-order valence-electron chi connectivity index (χ3n) is 5.89. The van der Waals surface area contributed by atoms with Crippen molar-refractivity contribution < 1.29 is 40.6 Å². The summed E-state index contributed by atoms with van der Waals surface area (Å²) in [5, 5.41) is 2.92. The molecule has 3 aromatic rings. The highest BCUT2D eigenvalue weighted by molar-refractivity contribution is 7.89. The molecule has 2 saturated heterocycles. The molecule has 2 aliphatic heterocycles. The first kappa shape index (κ1) is 24.4. The van der Waals surface area contributed by atoms with Gasteiger partial charge >= 0.3 is 12.3 Å². The summed E-state index contributed by atoms with van der Waals surface area (Å²) in [5.41, 5.74) is -0.685. The molecule has 0 aliphatic carbocycles. The van der Waals surface area contributed by atoms with Crippen LogP contribution in [0.1, 0.15) is 5.56 Å². The van der Waals surface area contributed by atoms with Crippen molar-refractivity contribution in [3.8, 4) is 0 Å². The summed E-state index contributed by atoms with van der Waals surface area (Å²) in [4.78, 5) is 16.5. The zero-order chi connectivity index (χ0) is 25.5.